The summed E-state index contributed by atoms with van der Waals surface area (Å²) in [6.07, 6.45) is -1.72. The third-order valence-corrected chi connectivity index (χ3v) is 4.57. The van der Waals surface area contributed by atoms with Crippen molar-refractivity contribution in [2.45, 2.75) is 31.7 Å². The molecule has 5 N–H and O–H groups in total. The summed E-state index contributed by atoms with van der Waals surface area (Å²) in [5.74, 6) is -4.39. The number of β-lactam (4-membered cyclic amide) rings is 1. The maximum Gasteiger partial charge on any atom is 0.363 e. The van der Waals surface area contributed by atoms with Gasteiger partial charge in [-0.15, -0.1) is 11.3 Å². The minimum atomic E-state index is -1.72. The van der Waals surface area contributed by atoms with Crippen LogP contribution in [0, 0.1) is 0 Å². The lowest BCUT2D eigenvalue weighted by atomic mass is 9.84. The molecule has 1 aliphatic rings. The number of nitrogen functional groups attached to an aromatic ring is 1. The van der Waals surface area contributed by atoms with Crippen molar-refractivity contribution in [3.63, 3.8) is 0 Å². The van der Waals surface area contributed by atoms with Gasteiger partial charge >= 0.3 is 11.9 Å². The second-order valence-electron chi connectivity index (χ2n) is 6.38. The number of anilines is 1. The van der Waals surface area contributed by atoms with E-state index in [9.17, 15) is 19.2 Å². The van der Waals surface area contributed by atoms with Gasteiger partial charge in [-0.05, 0) is 13.8 Å². The normalized spacial score (nSPS) is 19.0. The van der Waals surface area contributed by atoms with E-state index in [4.69, 9.17) is 20.8 Å². The van der Waals surface area contributed by atoms with Gasteiger partial charge in [0.25, 0.3) is 18.1 Å². The number of nitrogens with zero attached hydrogens (tertiary/aromatic N) is 3. The molecule has 0 saturated carbocycles. The van der Waals surface area contributed by atoms with Crippen molar-refractivity contribution in [1.82, 2.24) is 15.4 Å². The second-order valence-corrected chi connectivity index (χ2v) is 7.27. The number of carbonyl (C=O) groups excluding carboxylic acids is 2. The molecule has 15 heteroatoms. The summed E-state index contributed by atoms with van der Waals surface area (Å²) in [7, 11) is 1.09. The number of methoxy groups -OCH3 is 1. The van der Waals surface area contributed by atoms with Gasteiger partial charge in [0.2, 0.25) is 6.61 Å². The number of hydrogen-bond donors (Lipinski definition) is 4. The number of rotatable bonds is 10. The van der Waals surface area contributed by atoms with Crippen LogP contribution in [0.25, 0.3) is 0 Å². The standard InChI is InChI=1S/C15H19N5O9S/c1-15(2)9(11(24)20(15)29-13(27-3)12(25)26)18-10(23)8(19-28-4-7(21)22)6-5-30-14(16)17-6/h5,9,13H,4H2,1-3H3,(H2,16,17)(H,18,23)(H,21,22)(H,25,26)/b19-8-/t9-,13?/m1/s1. The van der Waals surface area contributed by atoms with Crippen molar-refractivity contribution in [3.05, 3.63) is 11.1 Å². The molecule has 1 fully saturated rings. The average Bonchev–Trinajstić information content (AvgIpc) is 3.08. The molecule has 2 amide bonds. The number of nitrogens with two attached hydrogens (primary N) is 1. The van der Waals surface area contributed by atoms with E-state index in [1.165, 1.54) is 19.2 Å². The Kier molecular flexibility index (Phi) is 6.91. The van der Waals surface area contributed by atoms with Gasteiger partial charge in [-0.3, -0.25) is 9.59 Å². The van der Waals surface area contributed by atoms with Crippen LogP contribution >= 0.6 is 11.3 Å². The van der Waals surface area contributed by atoms with E-state index >= 15 is 0 Å². The summed E-state index contributed by atoms with van der Waals surface area (Å²) >= 11 is 1.01. The van der Waals surface area contributed by atoms with Gasteiger partial charge in [0.15, 0.2) is 10.8 Å². The molecule has 0 spiro atoms. The summed E-state index contributed by atoms with van der Waals surface area (Å²) in [5.41, 5.74) is 4.02. The number of aromatic nitrogens is 1. The Bertz CT molecular complexity index is 884. The first kappa shape index (κ1) is 23.0. The summed E-state index contributed by atoms with van der Waals surface area (Å²) in [6, 6.07) is -1.11. The lowest BCUT2D eigenvalue weighted by Crippen LogP contribution is -2.77. The molecular formula is C15H19N5O9S. The number of carboxylic acids is 2. The van der Waals surface area contributed by atoms with Crippen molar-refractivity contribution in [3.8, 4) is 0 Å². The SMILES string of the molecule is COC(ON1C(=O)[C@@H](NC(=O)/C(=N\OCC(=O)O)c2csc(N)n2)C1(C)C)C(=O)O. The van der Waals surface area contributed by atoms with Gasteiger partial charge in [0.1, 0.15) is 11.7 Å². The number of ether oxygens (including phenoxy) is 1. The Morgan fingerprint density at radius 3 is 2.57 bits per heavy atom. The van der Waals surface area contributed by atoms with E-state index in [1.54, 1.807) is 0 Å². The van der Waals surface area contributed by atoms with Gasteiger partial charge in [0, 0.05) is 12.5 Å². The van der Waals surface area contributed by atoms with Gasteiger partial charge < -0.3 is 30.8 Å². The monoisotopic (exact) mass is 445 g/mol. The Balaban J connectivity index is 2.16. The molecule has 30 heavy (non-hydrogen) atoms. The van der Waals surface area contributed by atoms with Crippen LogP contribution in [0.2, 0.25) is 0 Å². The zero-order valence-electron chi connectivity index (χ0n) is 16.0. The molecule has 1 aromatic rings. The van der Waals surface area contributed by atoms with Gasteiger partial charge in [0.05, 0.1) is 5.54 Å². The molecule has 0 aliphatic carbocycles. The quantitative estimate of drug-likeness (QED) is 0.143. The first-order chi connectivity index (χ1) is 14.0. The second kappa shape index (κ2) is 9.02. The molecular weight excluding hydrogens is 426 g/mol. The van der Waals surface area contributed by atoms with Crippen molar-refractivity contribution < 1.29 is 43.8 Å². The van der Waals surface area contributed by atoms with Gasteiger partial charge in [-0.25, -0.2) is 24.5 Å². The number of nitrogens with one attached hydrogen (secondary N) is 1. The van der Waals surface area contributed by atoms with Crippen LogP contribution < -0.4 is 11.1 Å². The number of amides is 2. The van der Waals surface area contributed by atoms with Crippen LogP contribution in [0.1, 0.15) is 19.5 Å². The summed E-state index contributed by atoms with van der Waals surface area (Å²) in [5, 5.41) is 25.9. The Morgan fingerprint density at radius 2 is 2.10 bits per heavy atom. The highest BCUT2D eigenvalue weighted by atomic mass is 32.1. The molecule has 1 aromatic heterocycles. The largest absolute Gasteiger partial charge is 0.479 e. The van der Waals surface area contributed by atoms with E-state index in [0.717, 1.165) is 23.5 Å². The number of carboxylic acid groups (broad SMARTS) is 2. The first-order valence-electron chi connectivity index (χ1n) is 8.19. The lowest BCUT2D eigenvalue weighted by Gasteiger charge is -2.52. The maximum absolute atomic E-state index is 12.7. The number of hydroxylamine groups is 2. The highest BCUT2D eigenvalue weighted by Crippen LogP contribution is 2.33. The van der Waals surface area contributed by atoms with E-state index in [-0.39, 0.29) is 10.8 Å². The van der Waals surface area contributed by atoms with Crippen LogP contribution in [-0.2, 0) is 33.6 Å². The fourth-order valence-corrected chi connectivity index (χ4v) is 2.97. The van der Waals surface area contributed by atoms with Crippen LogP contribution in [-0.4, -0.2) is 81.3 Å². The predicted octanol–water partition coefficient (Wildman–Crippen LogP) is -1.38. The number of oxime groups is 1. The van der Waals surface area contributed by atoms with Crippen LogP contribution in [0.4, 0.5) is 5.13 Å². The predicted molar refractivity (Wildman–Crippen MR) is 99.0 cm³/mol. The first-order valence-corrected chi connectivity index (χ1v) is 9.07. The minimum Gasteiger partial charge on any atom is -0.479 e. The molecule has 2 rings (SSSR count). The van der Waals surface area contributed by atoms with Crippen LogP contribution in [0.15, 0.2) is 10.5 Å². The molecule has 0 bridgehead atoms. The van der Waals surface area contributed by atoms with Crippen LogP contribution in [0.3, 0.4) is 0 Å². The average molecular weight is 445 g/mol. The third-order valence-electron chi connectivity index (χ3n) is 3.89. The number of hydrogen-bond acceptors (Lipinski definition) is 11. The van der Waals surface area contributed by atoms with E-state index in [2.05, 4.69) is 25.0 Å². The van der Waals surface area contributed by atoms with Crippen molar-refractivity contribution >= 4 is 45.9 Å². The van der Waals surface area contributed by atoms with E-state index in [1.807, 2.05) is 0 Å². The topological polar surface area (TPSA) is 203 Å². The summed E-state index contributed by atoms with van der Waals surface area (Å²) < 4.78 is 4.63. The smallest absolute Gasteiger partial charge is 0.363 e. The zero-order valence-corrected chi connectivity index (χ0v) is 16.8. The fourth-order valence-electron chi connectivity index (χ4n) is 2.42. The minimum absolute atomic E-state index is 0.0170. The Morgan fingerprint density at radius 1 is 1.43 bits per heavy atom. The van der Waals surface area contributed by atoms with Crippen LogP contribution in [0.5, 0.6) is 0 Å². The Hall–Kier alpha value is -3.30. The molecule has 1 unspecified atom stereocenters. The number of thiazole rings is 1. The fraction of sp³-hybridized carbons (Fsp3) is 0.467. The Labute approximate surface area is 173 Å². The molecule has 2 atom stereocenters. The van der Waals surface area contributed by atoms with E-state index < -0.39 is 53.9 Å². The molecule has 0 aromatic carbocycles. The molecule has 0 radical (unpaired) electrons. The van der Waals surface area contributed by atoms with Crippen molar-refractivity contribution in [1.29, 1.82) is 0 Å². The highest BCUT2D eigenvalue weighted by molar-refractivity contribution is 7.13. The maximum atomic E-state index is 12.7. The third kappa shape index (κ3) is 4.81. The van der Waals surface area contributed by atoms with E-state index in [0.29, 0.717) is 0 Å². The highest BCUT2D eigenvalue weighted by Gasteiger charge is 2.57. The van der Waals surface area contributed by atoms with Crippen molar-refractivity contribution in [2.24, 2.45) is 5.16 Å². The molecule has 2 heterocycles. The lowest BCUT2D eigenvalue weighted by molar-refractivity contribution is -0.313. The van der Waals surface area contributed by atoms with Crippen molar-refractivity contribution in [2.75, 3.05) is 19.5 Å². The zero-order chi connectivity index (χ0) is 22.6. The molecule has 164 valence electrons. The number of aliphatic carboxylic acids is 2. The van der Waals surface area contributed by atoms with Gasteiger partial charge in [-0.1, -0.05) is 5.16 Å². The molecule has 14 nitrogen and oxygen atoms in total. The van der Waals surface area contributed by atoms with Gasteiger partial charge in [-0.2, -0.15) is 0 Å². The summed E-state index contributed by atoms with van der Waals surface area (Å²) in [4.78, 5) is 60.3. The number of carbonyl (C=O) groups is 4. The molecule has 1 saturated heterocycles. The summed E-state index contributed by atoms with van der Waals surface area (Å²) in [6.45, 7) is 2.23. The molecule has 1 aliphatic heterocycles.